The van der Waals surface area contributed by atoms with Crippen LogP contribution in [0.15, 0.2) is 47.0 Å². The van der Waals surface area contributed by atoms with E-state index in [4.69, 9.17) is 106 Å². The minimum absolute atomic E-state index is 0.0416. The molecular formula is C69H110N6O28S. The van der Waals surface area contributed by atoms with Crippen LogP contribution in [0.5, 0.6) is 5.75 Å². The van der Waals surface area contributed by atoms with E-state index in [1.54, 1.807) is 24.4 Å². The third kappa shape index (κ3) is 39.3. The molecular weight excluding hydrogens is 1390 g/mol. The predicted octanol–water partition coefficient (Wildman–Crippen LogP) is 4.95. The number of unbranched alkanes of at least 4 members (excludes halogenated alkanes) is 1. The number of aliphatic carboxylic acids is 1. The van der Waals surface area contributed by atoms with Gasteiger partial charge in [-0.15, -0.1) is 0 Å². The molecule has 4 aromatic rings. The van der Waals surface area contributed by atoms with E-state index in [-0.39, 0.29) is 140 Å². The number of amides is 2. The Hall–Kier alpha value is -7.07. The first-order valence-electron chi connectivity index (χ1n) is 34.7. The van der Waals surface area contributed by atoms with E-state index in [1.165, 1.54) is 28.4 Å². The molecule has 1 aromatic carbocycles. The highest BCUT2D eigenvalue weighted by Crippen LogP contribution is 2.35. The zero-order valence-corrected chi connectivity index (χ0v) is 61.9. The van der Waals surface area contributed by atoms with Crippen molar-refractivity contribution in [3.8, 4) is 17.1 Å². The Balaban J connectivity index is 0.000000578. The smallest absolute Gasteiger partial charge is 0.481 e. The molecule has 0 bridgehead atoms. The number of esters is 3. The van der Waals surface area contributed by atoms with Crippen molar-refractivity contribution >= 4 is 82.5 Å². The summed E-state index contributed by atoms with van der Waals surface area (Å²) in [6.07, 6.45) is 1.83. The van der Waals surface area contributed by atoms with Crippen LogP contribution in [-0.4, -0.2) is 270 Å². The van der Waals surface area contributed by atoms with Crippen molar-refractivity contribution in [2.45, 2.75) is 174 Å². The highest BCUT2D eigenvalue weighted by molar-refractivity contribution is 7.80. The summed E-state index contributed by atoms with van der Waals surface area (Å²) in [7, 11) is 5.72. The van der Waals surface area contributed by atoms with Crippen LogP contribution >= 0.6 is 12.6 Å². The van der Waals surface area contributed by atoms with E-state index in [1.807, 2.05) is 45.9 Å². The second-order valence-corrected chi connectivity index (χ2v) is 23.2. The molecule has 2 amide bonds. The van der Waals surface area contributed by atoms with E-state index in [0.29, 0.717) is 131 Å². The number of methoxy groups -OCH3 is 4. The summed E-state index contributed by atoms with van der Waals surface area (Å²) in [6, 6.07) is 10.6. The van der Waals surface area contributed by atoms with Crippen molar-refractivity contribution in [2.24, 2.45) is 0 Å². The monoisotopic (exact) mass is 1500 g/mol. The summed E-state index contributed by atoms with van der Waals surface area (Å²) in [5.41, 5.74) is 2.30. The van der Waals surface area contributed by atoms with Gasteiger partial charge in [0.15, 0.2) is 42.4 Å². The van der Waals surface area contributed by atoms with Gasteiger partial charge in [0.25, 0.3) is 0 Å². The van der Waals surface area contributed by atoms with E-state index in [2.05, 4.69) is 33.1 Å². The summed E-state index contributed by atoms with van der Waals surface area (Å²) in [4.78, 5) is 97.2. The van der Waals surface area contributed by atoms with Crippen molar-refractivity contribution in [3.63, 3.8) is 0 Å². The molecule has 0 aliphatic carbocycles. The second-order valence-electron chi connectivity index (χ2n) is 22.7. The maximum atomic E-state index is 12.5. The molecule has 1 fully saturated rings. The SMILES string of the molecule is CCC(CO)OC(CO)OC.CCC(CO)OC(COC(=O)CCCC(=O)NCCCCOC(=O)Oc1cccc(-c2nc(N3CCOCC3)c3oc4ncccc4c3n2)c1)OC.CCC(CO)OC(COC(=O)CCCC(=O)NCCS)OC.CCC(CO)OC(COC(=O)CCCC(=O)O)OC. The van der Waals surface area contributed by atoms with Crippen LogP contribution in [-0.2, 0) is 90.3 Å². The molecule has 3 aromatic heterocycles. The molecule has 1 saturated heterocycles. The topological polar surface area (TPSA) is 449 Å². The molecule has 8 N–H and O–H groups in total. The molecule has 104 heavy (non-hydrogen) atoms. The number of carboxylic acids is 1. The lowest BCUT2D eigenvalue weighted by Crippen LogP contribution is -2.37. The minimum atomic E-state index is -0.945. The fraction of sp³-hybridized carbons (Fsp3) is 0.681. The minimum Gasteiger partial charge on any atom is -0.481 e. The second kappa shape index (κ2) is 57.2. The molecule has 8 atom stereocenters. The highest BCUT2D eigenvalue weighted by atomic mass is 32.1. The van der Waals surface area contributed by atoms with Gasteiger partial charge in [0.1, 0.15) is 31.1 Å². The Morgan fingerprint density at radius 3 is 1.50 bits per heavy atom. The molecule has 0 saturated carbocycles. The first-order valence-corrected chi connectivity index (χ1v) is 35.3. The van der Waals surface area contributed by atoms with Gasteiger partial charge in [-0.1, -0.05) is 39.8 Å². The zero-order chi connectivity index (χ0) is 76.9. The van der Waals surface area contributed by atoms with Crippen LogP contribution in [0, 0.1) is 0 Å². The maximum absolute atomic E-state index is 12.5. The van der Waals surface area contributed by atoms with Crippen LogP contribution in [0.1, 0.15) is 124 Å². The Morgan fingerprint density at radius 1 is 0.567 bits per heavy atom. The summed E-state index contributed by atoms with van der Waals surface area (Å²) >= 11 is 3.98. The number of carbonyl (C=O) groups is 7. The van der Waals surface area contributed by atoms with Gasteiger partial charge in [-0.05, 0) is 82.1 Å². The van der Waals surface area contributed by atoms with E-state index < -0.39 is 61.3 Å². The molecule has 0 radical (unpaired) electrons. The van der Waals surface area contributed by atoms with Gasteiger partial charge in [-0.2, -0.15) is 12.6 Å². The standard InChI is InChI=1S/C36H45N5O11.C14H27NO6S.C12H22O7.C7H16O4/c1-3-25(22-42)50-30(46-2)23-49-29(44)13-7-12-28(43)37-14-4-5-18-48-36(45)51-26-10-6-9-24(21-26)33-39-31-27-11-8-15-38-35(27)52-32(31)34(40-33)41-16-19-47-20-17-41;1-3-11(9-16)21-14(19-2)10-20-13(18)6-4-5-12(17)15-7-8-22;1-3-9(7-13)19-12(17-2)8-18-11(16)6-4-5-10(14)15;1-3-6(4-8)11-7(5-9)10-2/h6,8-11,15,21,25,30,42H,3-5,7,12-14,16-20,22-23H2,1-2H3,(H,37,43);11,14,16,22H,3-10H2,1-2H3,(H,15,17);9,12-13H,3-8H2,1-2H3,(H,14,15);6-9H,3-5H2,1-2H3. The van der Waals surface area contributed by atoms with Crippen LogP contribution in [0.25, 0.3) is 33.6 Å². The molecule has 1 aliphatic heterocycles. The number of nitrogens with zero attached hydrogens (tertiary/aromatic N) is 4. The number of aromatic nitrogens is 3. The maximum Gasteiger partial charge on any atom is 0.513 e. The summed E-state index contributed by atoms with van der Waals surface area (Å²) in [5.74, 6) is -0.690. The van der Waals surface area contributed by atoms with Crippen LogP contribution in [0.2, 0.25) is 0 Å². The fourth-order valence-corrected chi connectivity index (χ4v) is 8.97. The number of thiol groups is 1. The number of aliphatic hydroxyl groups is 5. The van der Waals surface area contributed by atoms with Crippen molar-refractivity contribution in [1.82, 2.24) is 25.6 Å². The number of furan rings is 1. The molecule has 35 heteroatoms. The van der Waals surface area contributed by atoms with Crippen molar-refractivity contribution < 1.29 is 135 Å². The Bertz CT molecular complexity index is 2990. The number of ether oxygens (including phenoxy) is 14. The number of pyridine rings is 1. The number of carboxylic acid groups (broad SMARTS) is 1. The number of rotatable bonds is 49. The number of hydrogen-bond donors (Lipinski definition) is 9. The van der Waals surface area contributed by atoms with Gasteiger partial charge >= 0.3 is 30.0 Å². The first-order chi connectivity index (χ1) is 50.2. The number of aliphatic hydroxyl groups excluding tert-OH is 5. The third-order valence-electron chi connectivity index (χ3n) is 14.9. The van der Waals surface area contributed by atoms with Crippen molar-refractivity contribution in [3.05, 3.63) is 42.6 Å². The van der Waals surface area contributed by atoms with Crippen LogP contribution in [0.3, 0.4) is 0 Å². The molecule has 0 spiro atoms. The quantitative estimate of drug-likeness (QED) is 0.00705. The zero-order valence-electron chi connectivity index (χ0n) is 61.0. The number of morpholine rings is 1. The van der Waals surface area contributed by atoms with Gasteiger partial charge in [0.2, 0.25) is 17.5 Å². The normalized spacial score (nSPS) is 14.2. The number of benzene rings is 1. The number of carbonyl (C=O) groups excluding carboxylic acids is 6. The lowest BCUT2D eigenvalue weighted by Gasteiger charge is -2.27. The largest absolute Gasteiger partial charge is 0.513 e. The number of anilines is 1. The van der Waals surface area contributed by atoms with Crippen molar-refractivity contribution in [1.29, 1.82) is 0 Å². The molecule has 4 heterocycles. The van der Waals surface area contributed by atoms with E-state index in [0.717, 1.165) is 5.39 Å². The van der Waals surface area contributed by atoms with Gasteiger partial charge in [-0.3, -0.25) is 28.8 Å². The summed E-state index contributed by atoms with van der Waals surface area (Å²) < 4.78 is 78.7. The van der Waals surface area contributed by atoms with Gasteiger partial charge in [-0.25, -0.2) is 19.7 Å². The Labute approximate surface area is 612 Å². The first kappa shape index (κ1) is 93.0. The highest BCUT2D eigenvalue weighted by Gasteiger charge is 2.25. The van der Waals surface area contributed by atoms with Crippen molar-refractivity contribution in [2.75, 3.05) is 138 Å². The number of hydrogen-bond acceptors (Lipinski definition) is 32. The predicted molar refractivity (Wildman–Crippen MR) is 378 cm³/mol. The molecule has 34 nitrogen and oxygen atoms in total. The number of fused-ring (bicyclic) bond motifs is 3. The molecule has 1 aliphatic rings. The lowest BCUT2D eigenvalue weighted by atomic mass is 10.2. The fourth-order valence-electron chi connectivity index (χ4n) is 8.85. The van der Waals surface area contributed by atoms with E-state index in [9.17, 15) is 38.7 Å². The van der Waals surface area contributed by atoms with E-state index >= 15 is 0 Å². The summed E-state index contributed by atoms with van der Waals surface area (Å²) in [5, 5.41) is 59.2. The van der Waals surface area contributed by atoms with Crippen LogP contribution < -0.4 is 20.3 Å². The molecule has 590 valence electrons. The summed E-state index contributed by atoms with van der Waals surface area (Å²) in [6.45, 7) is 10.0. The average molecular weight is 1500 g/mol. The third-order valence-corrected chi connectivity index (χ3v) is 15.1. The Morgan fingerprint density at radius 2 is 1.05 bits per heavy atom. The van der Waals surface area contributed by atoms with Gasteiger partial charge < -0.3 is 117 Å². The van der Waals surface area contributed by atoms with Gasteiger partial charge in [0, 0.05) is 111 Å². The van der Waals surface area contributed by atoms with Gasteiger partial charge in [0.05, 0.1) is 82.7 Å². The molecule has 5 rings (SSSR count). The average Bonchev–Trinajstić information content (AvgIpc) is 1.60. The Kier molecular flexibility index (Phi) is 51.2. The van der Waals surface area contributed by atoms with Crippen LogP contribution in [0.4, 0.5) is 10.6 Å². The lowest BCUT2D eigenvalue weighted by molar-refractivity contribution is -0.194. The molecule has 8 unspecified atom stereocenters. The number of nitrogens with one attached hydrogen (secondary N) is 2.